The number of rotatable bonds is 3. The number of thiazole rings is 1. The number of benzene rings is 1. The maximum Gasteiger partial charge on any atom is 0.227 e. The van der Waals surface area contributed by atoms with Gasteiger partial charge in [-0.1, -0.05) is 18.2 Å². The smallest absolute Gasteiger partial charge is 0.227 e. The van der Waals surface area contributed by atoms with Crippen LogP contribution in [0.2, 0.25) is 0 Å². The molecule has 21 heavy (non-hydrogen) atoms. The number of hydrogen-bond acceptors (Lipinski definition) is 4. The molecule has 0 radical (unpaired) electrons. The van der Waals surface area contributed by atoms with Crippen LogP contribution in [0.4, 0.5) is 0 Å². The predicted molar refractivity (Wildman–Crippen MR) is 82.6 cm³/mol. The Labute approximate surface area is 128 Å². The Hall–Kier alpha value is -1.88. The number of carbonyl (C=O) groups is 1. The summed E-state index contributed by atoms with van der Waals surface area (Å²) in [5, 5.41) is 3.92. The molecule has 0 saturated heterocycles. The molecule has 1 aliphatic rings. The summed E-state index contributed by atoms with van der Waals surface area (Å²) in [4.78, 5) is 17.9. The lowest BCUT2D eigenvalue weighted by Gasteiger charge is -2.24. The second-order valence-corrected chi connectivity index (χ2v) is 6.57. The molecule has 3 rings (SSSR count). The number of nitrogens with one attached hydrogen (secondary N) is 1. The van der Waals surface area contributed by atoms with Crippen LogP contribution in [0.5, 0.6) is 5.75 Å². The Kier molecular flexibility index (Phi) is 3.92. The van der Waals surface area contributed by atoms with Crippen molar-refractivity contribution in [3.8, 4) is 5.75 Å². The number of amides is 1. The monoisotopic (exact) mass is 302 g/mol. The van der Waals surface area contributed by atoms with E-state index in [0.29, 0.717) is 13.2 Å². The molecule has 2 heterocycles. The zero-order valence-electron chi connectivity index (χ0n) is 12.2. The molecule has 0 saturated carbocycles. The first-order valence-electron chi connectivity index (χ1n) is 7.05. The highest BCUT2D eigenvalue weighted by Crippen LogP contribution is 2.27. The molecule has 0 aliphatic carbocycles. The summed E-state index contributed by atoms with van der Waals surface area (Å²) in [6.45, 7) is 4.97. The van der Waals surface area contributed by atoms with Gasteiger partial charge in [0.1, 0.15) is 17.4 Å². The average Bonchev–Trinajstić information content (AvgIpc) is 2.83. The van der Waals surface area contributed by atoms with E-state index in [1.807, 2.05) is 38.1 Å². The molecule has 1 unspecified atom stereocenters. The van der Waals surface area contributed by atoms with Gasteiger partial charge in [-0.2, -0.15) is 0 Å². The Morgan fingerprint density at radius 2 is 2.24 bits per heavy atom. The summed E-state index contributed by atoms with van der Waals surface area (Å²) in [6.07, 6.45) is 0.734. The lowest BCUT2D eigenvalue weighted by molar-refractivity contribution is -0.126. The van der Waals surface area contributed by atoms with Crippen molar-refractivity contribution < 1.29 is 9.53 Å². The van der Waals surface area contributed by atoms with Gasteiger partial charge in [-0.15, -0.1) is 11.3 Å². The highest BCUT2D eigenvalue weighted by Gasteiger charge is 2.25. The number of carbonyl (C=O) groups excluding carboxylic acids is 1. The molecule has 1 aromatic heterocycles. The van der Waals surface area contributed by atoms with Gasteiger partial charge in [0, 0.05) is 4.88 Å². The van der Waals surface area contributed by atoms with E-state index < -0.39 is 0 Å². The summed E-state index contributed by atoms with van der Waals surface area (Å²) in [5.41, 5.74) is 2.14. The molecule has 1 aromatic carbocycles. The number of hydrogen-bond donors (Lipinski definition) is 1. The van der Waals surface area contributed by atoms with Crippen molar-refractivity contribution >= 4 is 17.2 Å². The molecule has 2 aromatic rings. The van der Waals surface area contributed by atoms with Crippen LogP contribution in [-0.4, -0.2) is 17.5 Å². The van der Waals surface area contributed by atoms with Crippen molar-refractivity contribution in [2.45, 2.75) is 26.8 Å². The van der Waals surface area contributed by atoms with Crippen molar-refractivity contribution in [1.82, 2.24) is 10.3 Å². The highest BCUT2D eigenvalue weighted by atomic mass is 32.1. The van der Waals surface area contributed by atoms with Crippen LogP contribution in [-0.2, 0) is 17.8 Å². The quantitative estimate of drug-likeness (QED) is 0.948. The zero-order chi connectivity index (χ0) is 14.8. The van der Waals surface area contributed by atoms with Crippen LogP contribution in [0.1, 0.15) is 21.1 Å². The molecule has 0 fully saturated rings. The molecule has 1 amide bonds. The summed E-state index contributed by atoms with van der Waals surface area (Å²) in [6, 6.07) is 7.89. The van der Waals surface area contributed by atoms with Crippen molar-refractivity contribution in [3.63, 3.8) is 0 Å². The van der Waals surface area contributed by atoms with E-state index in [2.05, 4.69) is 10.3 Å². The van der Waals surface area contributed by atoms with Crippen molar-refractivity contribution in [1.29, 1.82) is 0 Å². The third-order valence-electron chi connectivity index (χ3n) is 3.74. The summed E-state index contributed by atoms with van der Waals surface area (Å²) < 4.78 is 5.66. The number of fused-ring (bicyclic) bond motifs is 1. The molecule has 1 atom stereocenters. The minimum absolute atomic E-state index is 0.0370. The molecular weight excluding hydrogens is 284 g/mol. The second-order valence-electron chi connectivity index (χ2n) is 5.29. The van der Waals surface area contributed by atoms with E-state index in [-0.39, 0.29) is 11.8 Å². The Balaban J connectivity index is 1.59. The van der Waals surface area contributed by atoms with Gasteiger partial charge >= 0.3 is 0 Å². The van der Waals surface area contributed by atoms with Crippen LogP contribution in [0.25, 0.3) is 0 Å². The van der Waals surface area contributed by atoms with Crippen molar-refractivity contribution in [3.05, 3.63) is 45.4 Å². The maximum atomic E-state index is 12.3. The first kappa shape index (κ1) is 14.1. The van der Waals surface area contributed by atoms with Crippen LogP contribution < -0.4 is 10.1 Å². The Bertz CT molecular complexity index is 647. The fourth-order valence-electron chi connectivity index (χ4n) is 2.42. The number of para-hydroxylation sites is 1. The molecule has 5 heteroatoms. The SMILES string of the molecule is Cc1nc(CNC(=O)C2COc3ccccc3C2)sc1C. The minimum atomic E-state index is -0.123. The fourth-order valence-corrected chi connectivity index (χ4v) is 3.29. The molecule has 4 nitrogen and oxygen atoms in total. The number of aryl methyl sites for hydroxylation is 2. The van der Waals surface area contributed by atoms with E-state index in [0.717, 1.165) is 28.4 Å². The van der Waals surface area contributed by atoms with E-state index in [1.54, 1.807) is 11.3 Å². The topological polar surface area (TPSA) is 51.2 Å². The third kappa shape index (κ3) is 3.08. The number of nitrogens with zero attached hydrogens (tertiary/aromatic N) is 1. The molecule has 0 spiro atoms. The fraction of sp³-hybridized carbons (Fsp3) is 0.375. The molecule has 110 valence electrons. The van der Waals surface area contributed by atoms with Gasteiger partial charge < -0.3 is 10.1 Å². The molecular formula is C16H18N2O2S. The van der Waals surface area contributed by atoms with Crippen LogP contribution >= 0.6 is 11.3 Å². The summed E-state index contributed by atoms with van der Waals surface area (Å²) >= 11 is 1.63. The third-order valence-corrected chi connectivity index (χ3v) is 4.81. The van der Waals surface area contributed by atoms with Gasteiger partial charge in [-0.05, 0) is 31.9 Å². The Morgan fingerprint density at radius 3 is 3.00 bits per heavy atom. The molecule has 1 aliphatic heterocycles. The van der Waals surface area contributed by atoms with Crippen LogP contribution in [0.3, 0.4) is 0 Å². The van der Waals surface area contributed by atoms with Gasteiger partial charge in [-0.25, -0.2) is 4.98 Å². The average molecular weight is 302 g/mol. The highest BCUT2D eigenvalue weighted by molar-refractivity contribution is 7.11. The Morgan fingerprint density at radius 1 is 1.43 bits per heavy atom. The summed E-state index contributed by atoms with van der Waals surface area (Å²) in [7, 11) is 0. The second kappa shape index (κ2) is 5.85. The van der Waals surface area contributed by atoms with Crippen molar-refractivity contribution in [2.75, 3.05) is 6.61 Å². The zero-order valence-corrected chi connectivity index (χ0v) is 13.0. The van der Waals surface area contributed by atoms with Gasteiger partial charge in [0.25, 0.3) is 0 Å². The minimum Gasteiger partial charge on any atom is -0.492 e. The first-order valence-corrected chi connectivity index (χ1v) is 7.86. The number of aromatic nitrogens is 1. The van der Waals surface area contributed by atoms with Gasteiger partial charge in [0.2, 0.25) is 5.91 Å². The summed E-state index contributed by atoms with van der Waals surface area (Å²) in [5.74, 6) is 0.810. The number of ether oxygens (including phenoxy) is 1. The first-order chi connectivity index (χ1) is 10.1. The normalized spacial score (nSPS) is 17.0. The largest absolute Gasteiger partial charge is 0.492 e. The van der Waals surface area contributed by atoms with E-state index in [4.69, 9.17) is 4.74 Å². The predicted octanol–water partition coefficient (Wildman–Crippen LogP) is 2.63. The lowest BCUT2D eigenvalue weighted by Crippen LogP contribution is -2.37. The standard InChI is InChI=1S/C16H18N2O2S/c1-10-11(2)21-15(18-10)8-17-16(19)13-7-12-5-3-4-6-14(12)20-9-13/h3-6,13H,7-9H2,1-2H3,(H,17,19). The van der Waals surface area contributed by atoms with Gasteiger partial charge in [-0.3, -0.25) is 4.79 Å². The van der Waals surface area contributed by atoms with E-state index in [9.17, 15) is 4.79 Å². The van der Waals surface area contributed by atoms with Gasteiger partial charge in [0.05, 0.1) is 18.2 Å². The van der Waals surface area contributed by atoms with Crippen LogP contribution in [0, 0.1) is 19.8 Å². The van der Waals surface area contributed by atoms with E-state index in [1.165, 1.54) is 4.88 Å². The lowest BCUT2D eigenvalue weighted by atomic mass is 9.96. The molecule has 1 N–H and O–H groups in total. The van der Waals surface area contributed by atoms with E-state index >= 15 is 0 Å². The van der Waals surface area contributed by atoms with Gasteiger partial charge in [0.15, 0.2) is 0 Å². The maximum absolute atomic E-state index is 12.3. The van der Waals surface area contributed by atoms with Crippen molar-refractivity contribution in [2.24, 2.45) is 5.92 Å². The van der Waals surface area contributed by atoms with Crippen LogP contribution in [0.15, 0.2) is 24.3 Å². The molecule has 0 bridgehead atoms.